The van der Waals surface area contributed by atoms with E-state index in [4.69, 9.17) is 9.47 Å². The molecule has 1 amide bonds. The number of cyclic esters (lactones) is 1. The first-order chi connectivity index (χ1) is 6.79. The lowest BCUT2D eigenvalue weighted by molar-refractivity contribution is 0.177. The van der Waals surface area contributed by atoms with Crippen molar-refractivity contribution in [2.75, 3.05) is 13.7 Å². The molecule has 1 aromatic rings. The van der Waals surface area contributed by atoms with Gasteiger partial charge in [-0.15, -0.1) is 0 Å². The quantitative estimate of drug-likeness (QED) is 0.758. The van der Waals surface area contributed by atoms with E-state index in [9.17, 15) is 4.79 Å². The molecule has 5 nitrogen and oxygen atoms in total. The van der Waals surface area contributed by atoms with Crippen molar-refractivity contribution in [3.63, 3.8) is 0 Å². The van der Waals surface area contributed by atoms with Crippen LogP contribution in [0.5, 0.6) is 5.75 Å². The van der Waals surface area contributed by atoms with Crippen molar-refractivity contribution in [1.29, 1.82) is 0 Å². The number of nitrogens with zero attached hydrogens (tertiary/aromatic N) is 1. The maximum absolute atomic E-state index is 10.8. The fourth-order valence-corrected chi connectivity index (χ4v) is 1.26. The molecular formula is C9H10N2O3. The summed E-state index contributed by atoms with van der Waals surface area (Å²) in [5.41, 5.74) is 0.775. The van der Waals surface area contributed by atoms with Gasteiger partial charge in [0, 0.05) is 0 Å². The van der Waals surface area contributed by atoms with Crippen LogP contribution >= 0.6 is 0 Å². The number of rotatable bonds is 2. The third kappa shape index (κ3) is 1.61. The molecule has 1 N–H and O–H groups in total. The number of methoxy groups -OCH3 is 1. The highest BCUT2D eigenvalue weighted by atomic mass is 16.6. The maximum atomic E-state index is 10.8. The summed E-state index contributed by atoms with van der Waals surface area (Å²) in [6.07, 6.45) is 1.22. The van der Waals surface area contributed by atoms with Crippen molar-refractivity contribution in [3.05, 3.63) is 24.0 Å². The molecule has 0 radical (unpaired) electrons. The van der Waals surface area contributed by atoms with Crippen molar-refractivity contribution in [3.8, 4) is 5.75 Å². The van der Waals surface area contributed by atoms with Crippen LogP contribution in [0.1, 0.15) is 11.7 Å². The first-order valence-corrected chi connectivity index (χ1v) is 4.23. The number of carbonyl (C=O) groups is 1. The van der Waals surface area contributed by atoms with Crippen LogP contribution in [0.3, 0.4) is 0 Å². The monoisotopic (exact) mass is 194 g/mol. The number of aromatic nitrogens is 1. The minimum atomic E-state index is -0.396. The molecule has 74 valence electrons. The Morgan fingerprint density at radius 3 is 3.00 bits per heavy atom. The van der Waals surface area contributed by atoms with Crippen molar-refractivity contribution in [1.82, 2.24) is 10.3 Å². The van der Waals surface area contributed by atoms with E-state index < -0.39 is 6.09 Å². The highest BCUT2D eigenvalue weighted by Crippen LogP contribution is 2.17. The van der Waals surface area contributed by atoms with Crippen LogP contribution in [0, 0.1) is 0 Å². The lowest BCUT2D eigenvalue weighted by Gasteiger charge is -2.06. The normalized spacial score (nSPS) is 20.1. The number of pyridine rings is 1. The zero-order valence-corrected chi connectivity index (χ0v) is 7.69. The molecule has 1 aliphatic rings. The van der Waals surface area contributed by atoms with Crippen molar-refractivity contribution >= 4 is 6.09 Å². The highest BCUT2D eigenvalue weighted by molar-refractivity contribution is 5.69. The predicted octanol–water partition coefficient (Wildman–Crippen LogP) is 0.871. The standard InChI is InChI=1S/C9H10N2O3/c1-13-6-2-3-7(10-4-6)8-5-14-9(12)11-8/h2-4,8H,5H2,1H3,(H,11,12). The first kappa shape index (κ1) is 8.80. The molecule has 1 fully saturated rings. The third-order valence-corrected chi connectivity index (χ3v) is 2.03. The van der Waals surface area contributed by atoms with Gasteiger partial charge in [0.25, 0.3) is 0 Å². The van der Waals surface area contributed by atoms with Crippen molar-refractivity contribution < 1.29 is 14.3 Å². The van der Waals surface area contributed by atoms with Crippen LogP contribution in [-0.4, -0.2) is 24.8 Å². The largest absolute Gasteiger partial charge is 0.495 e. The Kier molecular flexibility index (Phi) is 2.22. The van der Waals surface area contributed by atoms with Crippen LogP contribution < -0.4 is 10.1 Å². The molecule has 0 aliphatic carbocycles. The van der Waals surface area contributed by atoms with Gasteiger partial charge in [0.1, 0.15) is 18.4 Å². The van der Waals surface area contributed by atoms with E-state index in [1.54, 1.807) is 25.4 Å². The Labute approximate surface area is 81.0 Å². The lowest BCUT2D eigenvalue weighted by atomic mass is 10.2. The van der Waals surface area contributed by atoms with Gasteiger partial charge in [0.15, 0.2) is 0 Å². The molecule has 0 spiro atoms. The van der Waals surface area contributed by atoms with Gasteiger partial charge in [0.05, 0.1) is 19.0 Å². The lowest BCUT2D eigenvalue weighted by Crippen LogP contribution is -2.19. The molecule has 0 saturated carbocycles. The molecule has 2 rings (SSSR count). The number of alkyl carbamates (subject to hydrolysis) is 1. The Hall–Kier alpha value is -1.78. The Morgan fingerprint density at radius 1 is 1.64 bits per heavy atom. The molecule has 0 aromatic carbocycles. The smallest absolute Gasteiger partial charge is 0.407 e. The maximum Gasteiger partial charge on any atom is 0.407 e. The SMILES string of the molecule is COc1ccc(C2COC(=O)N2)nc1. The molecule has 1 atom stereocenters. The van der Waals surface area contributed by atoms with Crippen molar-refractivity contribution in [2.24, 2.45) is 0 Å². The molecule has 5 heteroatoms. The summed E-state index contributed by atoms with van der Waals surface area (Å²) < 4.78 is 9.73. The number of amides is 1. The first-order valence-electron chi connectivity index (χ1n) is 4.23. The summed E-state index contributed by atoms with van der Waals surface area (Å²) in [7, 11) is 1.58. The molecule has 1 aliphatic heterocycles. The van der Waals surface area contributed by atoms with Crippen LogP contribution in [0.2, 0.25) is 0 Å². The number of hydrogen-bond acceptors (Lipinski definition) is 4. The van der Waals surface area contributed by atoms with E-state index in [0.29, 0.717) is 12.4 Å². The summed E-state index contributed by atoms with van der Waals surface area (Å²) in [4.78, 5) is 14.9. The summed E-state index contributed by atoms with van der Waals surface area (Å²) in [5.74, 6) is 0.694. The average Bonchev–Trinajstić information content (AvgIpc) is 2.65. The number of carbonyl (C=O) groups excluding carboxylic acids is 1. The van der Waals surface area contributed by atoms with E-state index in [-0.39, 0.29) is 6.04 Å². The Balaban J connectivity index is 2.13. The van der Waals surface area contributed by atoms with Gasteiger partial charge in [0.2, 0.25) is 0 Å². The van der Waals surface area contributed by atoms with Crippen LogP contribution in [0.15, 0.2) is 18.3 Å². The number of ether oxygens (including phenoxy) is 2. The molecule has 1 saturated heterocycles. The van der Waals surface area contributed by atoms with Gasteiger partial charge in [-0.1, -0.05) is 0 Å². The van der Waals surface area contributed by atoms with Crippen LogP contribution in [0.25, 0.3) is 0 Å². The molecular weight excluding hydrogens is 184 g/mol. The minimum Gasteiger partial charge on any atom is -0.495 e. The van der Waals surface area contributed by atoms with Gasteiger partial charge in [-0.05, 0) is 12.1 Å². The Bertz CT molecular complexity index is 336. The van der Waals surface area contributed by atoms with Gasteiger partial charge in [-0.3, -0.25) is 4.98 Å². The van der Waals surface area contributed by atoms with Crippen LogP contribution in [0.4, 0.5) is 4.79 Å². The van der Waals surface area contributed by atoms with E-state index in [1.807, 2.05) is 0 Å². The van der Waals surface area contributed by atoms with Gasteiger partial charge in [-0.25, -0.2) is 4.79 Å². The average molecular weight is 194 g/mol. The summed E-state index contributed by atoms with van der Waals surface area (Å²) >= 11 is 0. The van der Waals surface area contributed by atoms with E-state index in [0.717, 1.165) is 5.69 Å². The fraction of sp³-hybridized carbons (Fsp3) is 0.333. The number of hydrogen-bond donors (Lipinski definition) is 1. The summed E-state index contributed by atoms with van der Waals surface area (Å²) in [5, 5.41) is 2.64. The zero-order valence-electron chi connectivity index (χ0n) is 7.69. The van der Waals surface area contributed by atoms with E-state index in [2.05, 4.69) is 10.3 Å². The zero-order chi connectivity index (χ0) is 9.97. The minimum absolute atomic E-state index is 0.145. The predicted molar refractivity (Wildman–Crippen MR) is 48.0 cm³/mol. The molecule has 1 aromatic heterocycles. The molecule has 0 bridgehead atoms. The topological polar surface area (TPSA) is 60.5 Å². The van der Waals surface area contributed by atoms with Crippen LogP contribution in [-0.2, 0) is 4.74 Å². The fourth-order valence-electron chi connectivity index (χ4n) is 1.26. The Morgan fingerprint density at radius 2 is 2.50 bits per heavy atom. The van der Waals surface area contributed by atoms with E-state index >= 15 is 0 Å². The second-order valence-electron chi connectivity index (χ2n) is 2.92. The highest BCUT2D eigenvalue weighted by Gasteiger charge is 2.24. The van der Waals surface area contributed by atoms with Gasteiger partial charge in [-0.2, -0.15) is 0 Å². The van der Waals surface area contributed by atoms with Gasteiger partial charge >= 0.3 is 6.09 Å². The summed E-state index contributed by atoms with van der Waals surface area (Å²) in [6, 6.07) is 3.46. The third-order valence-electron chi connectivity index (χ3n) is 2.03. The van der Waals surface area contributed by atoms with E-state index in [1.165, 1.54) is 0 Å². The second kappa shape index (κ2) is 3.53. The molecule has 2 heterocycles. The summed E-state index contributed by atoms with van der Waals surface area (Å²) in [6.45, 7) is 0.332. The van der Waals surface area contributed by atoms with Crippen molar-refractivity contribution in [2.45, 2.75) is 6.04 Å². The second-order valence-corrected chi connectivity index (χ2v) is 2.92. The number of nitrogens with one attached hydrogen (secondary N) is 1. The molecule has 1 unspecified atom stereocenters. The molecule has 14 heavy (non-hydrogen) atoms. The van der Waals surface area contributed by atoms with Gasteiger partial charge < -0.3 is 14.8 Å².